The molecule has 0 aliphatic heterocycles. The molecule has 0 aliphatic carbocycles. The molecule has 2 nitrogen and oxygen atoms in total. The molecule has 0 spiro atoms. The Hall–Kier alpha value is -0.900. The van der Waals surface area contributed by atoms with E-state index < -0.39 is 0 Å². The van der Waals surface area contributed by atoms with Gasteiger partial charge in [0.05, 0.1) is 11.0 Å². The normalized spacial score (nSPS) is 12.7. The molecule has 96 valence electrons. The van der Waals surface area contributed by atoms with Gasteiger partial charge in [-0.1, -0.05) is 30.7 Å². The summed E-state index contributed by atoms with van der Waals surface area (Å²) >= 11 is 7.93. The van der Waals surface area contributed by atoms with Crippen molar-refractivity contribution >= 4 is 22.9 Å². The number of hydrogen-bond acceptors (Lipinski definition) is 3. The zero-order valence-electron chi connectivity index (χ0n) is 10.8. The van der Waals surface area contributed by atoms with Crippen LogP contribution >= 0.6 is 22.9 Å². The van der Waals surface area contributed by atoms with Crippen LogP contribution in [0.4, 0.5) is 0 Å². The second-order valence-electron chi connectivity index (χ2n) is 4.28. The van der Waals surface area contributed by atoms with E-state index in [4.69, 9.17) is 11.6 Å². The maximum Gasteiger partial charge on any atom is 0.0897 e. The fourth-order valence-corrected chi connectivity index (χ4v) is 2.96. The van der Waals surface area contributed by atoms with E-state index in [1.165, 1.54) is 10.4 Å². The highest BCUT2D eigenvalue weighted by molar-refractivity contribution is 7.11. The van der Waals surface area contributed by atoms with Crippen molar-refractivity contribution in [3.8, 4) is 0 Å². The molecule has 0 saturated carbocycles. The summed E-state index contributed by atoms with van der Waals surface area (Å²) in [6.45, 7) is 7.06. The molecule has 0 fully saturated rings. The van der Waals surface area contributed by atoms with E-state index >= 15 is 0 Å². The highest BCUT2D eigenvalue weighted by Gasteiger charge is 2.16. The number of thiazole rings is 1. The lowest BCUT2D eigenvalue weighted by atomic mass is 10.0. The third kappa shape index (κ3) is 2.91. The lowest BCUT2D eigenvalue weighted by Gasteiger charge is -2.17. The molecule has 0 radical (unpaired) electrons. The fourth-order valence-electron chi connectivity index (χ4n) is 1.89. The zero-order valence-corrected chi connectivity index (χ0v) is 12.4. The van der Waals surface area contributed by atoms with Crippen molar-refractivity contribution in [3.63, 3.8) is 0 Å². The number of aromatic nitrogens is 1. The summed E-state index contributed by atoms with van der Waals surface area (Å²) < 4.78 is 0. The van der Waals surface area contributed by atoms with E-state index in [1.54, 1.807) is 11.3 Å². The van der Waals surface area contributed by atoms with Crippen LogP contribution in [0.25, 0.3) is 0 Å². The first kappa shape index (κ1) is 13.5. The van der Waals surface area contributed by atoms with Gasteiger partial charge in [-0.3, -0.25) is 0 Å². The summed E-state index contributed by atoms with van der Waals surface area (Å²) in [5.74, 6) is 0. The molecule has 1 aromatic carbocycles. The van der Waals surface area contributed by atoms with E-state index in [1.807, 2.05) is 26.1 Å². The van der Waals surface area contributed by atoms with Crippen molar-refractivity contribution in [2.75, 3.05) is 6.54 Å². The predicted octanol–water partition coefficient (Wildman–Crippen LogP) is 4.11. The van der Waals surface area contributed by atoms with Gasteiger partial charge in [0.2, 0.25) is 0 Å². The monoisotopic (exact) mass is 280 g/mol. The average Bonchev–Trinajstić information content (AvgIpc) is 2.76. The van der Waals surface area contributed by atoms with Crippen molar-refractivity contribution in [2.24, 2.45) is 0 Å². The molecule has 0 amide bonds. The average molecular weight is 281 g/mol. The molecule has 2 aromatic rings. The van der Waals surface area contributed by atoms with Crippen molar-refractivity contribution in [3.05, 3.63) is 50.4 Å². The van der Waals surface area contributed by atoms with Crippen LogP contribution < -0.4 is 5.32 Å². The molecule has 1 heterocycles. The molecule has 4 heteroatoms. The lowest BCUT2D eigenvalue weighted by Crippen LogP contribution is -2.21. The van der Waals surface area contributed by atoms with Gasteiger partial charge in [0.15, 0.2) is 0 Å². The van der Waals surface area contributed by atoms with E-state index in [0.29, 0.717) is 0 Å². The highest BCUT2D eigenvalue weighted by atomic mass is 35.5. The SMILES string of the molecule is CCNC(c1ccc(C)c(Cl)c1)c1cnc(C)s1. The van der Waals surface area contributed by atoms with Gasteiger partial charge in [0.25, 0.3) is 0 Å². The third-order valence-electron chi connectivity index (χ3n) is 2.86. The largest absolute Gasteiger partial charge is 0.306 e. The summed E-state index contributed by atoms with van der Waals surface area (Å²) in [5.41, 5.74) is 2.30. The molecular formula is C14H17ClN2S. The Kier molecular flexibility index (Phi) is 4.38. The molecule has 1 unspecified atom stereocenters. The predicted molar refractivity (Wildman–Crippen MR) is 78.6 cm³/mol. The zero-order chi connectivity index (χ0) is 13.1. The number of aryl methyl sites for hydroxylation is 2. The van der Waals surface area contributed by atoms with Crippen LogP contribution in [0.3, 0.4) is 0 Å². The smallest absolute Gasteiger partial charge is 0.0897 e. The highest BCUT2D eigenvalue weighted by Crippen LogP contribution is 2.29. The standard InChI is InChI=1S/C14H17ClN2S/c1-4-16-14(13-8-17-10(3)18-13)11-6-5-9(2)12(15)7-11/h5-8,14,16H,4H2,1-3H3. The maximum absolute atomic E-state index is 6.21. The van der Waals surface area contributed by atoms with Crippen molar-refractivity contribution < 1.29 is 0 Å². The van der Waals surface area contributed by atoms with E-state index in [-0.39, 0.29) is 6.04 Å². The van der Waals surface area contributed by atoms with Gasteiger partial charge in [-0.15, -0.1) is 11.3 Å². The summed E-state index contributed by atoms with van der Waals surface area (Å²) in [7, 11) is 0. The van der Waals surface area contributed by atoms with Crippen LogP contribution in [0.15, 0.2) is 24.4 Å². The molecule has 1 aromatic heterocycles. The van der Waals surface area contributed by atoms with Gasteiger partial charge in [0.1, 0.15) is 0 Å². The second-order valence-corrected chi connectivity index (χ2v) is 5.95. The summed E-state index contributed by atoms with van der Waals surface area (Å²) in [5, 5.41) is 5.39. The van der Waals surface area contributed by atoms with Crippen LogP contribution in [-0.4, -0.2) is 11.5 Å². The molecular weight excluding hydrogens is 264 g/mol. The van der Waals surface area contributed by atoms with Crippen molar-refractivity contribution in [1.82, 2.24) is 10.3 Å². The lowest BCUT2D eigenvalue weighted by molar-refractivity contribution is 0.638. The molecule has 1 N–H and O–H groups in total. The van der Waals surface area contributed by atoms with Gasteiger partial charge in [-0.2, -0.15) is 0 Å². The third-order valence-corrected chi connectivity index (χ3v) is 4.25. The number of nitrogens with one attached hydrogen (secondary N) is 1. The Morgan fingerprint density at radius 3 is 2.72 bits per heavy atom. The summed E-state index contributed by atoms with van der Waals surface area (Å²) in [6, 6.07) is 6.41. The summed E-state index contributed by atoms with van der Waals surface area (Å²) in [6.07, 6.45) is 1.95. The molecule has 0 saturated heterocycles. The molecule has 0 aliphatic rings. The number of halogens is 1. The first-order valence-corrected chi connectivity index (χ1v) is 7.23. The minimum atomic E-state index is 0.180. The minimum absolute atomic E-state index is 0.180. The molecule has 0 bridgehead atoms. The van der Waals surface area contributed by atoms with Gasteiger partial charge >= 0.3 is 0 Å². The number of hydrogen-bond donors (Lipinski definition) is 1. The maximum atomic E-state index is 6.21. The fraction of sp³-hybridized carbons (Fsp3) is 0.357. The van der Waals surface area contributed by atoms with Crippen LogP contribution in [0.2, 0.25) is 5.02 Å². The molecule has 18 heavy (non-hydrogen) atoms. The number of nitrogens with zero attached hydrogens (tertiary/aromatic N) is 1. The van der Waals surface area contributed by atoms with E-state index in [0.717, 1.165) is 22.1 Å². The number of benzene rings is 1. The minimum Gasteiger partial charge on any atom is -0.306 e. The first-order chi connectivity index (χ1) is 8.61. The first-order valence-electron chi connectivity index (χ1n) is 6.03. The van der Waals surface area contributed by atoms with Gasteiger partial charge in [-0.25, -0.2) is 4.98 Å². The van der Waals surface area contributed by atoms with E-state index in [9.17, 15) is 0 Å². The molecule has 1 atom stereocenters. The van der Waals surface area contributed by atoms with Gasteiger partial charge in [0, 0.05) is 16.1 Å². The summed E-state index contributed by atoms with van der Waals surface area (Å²) in [4.78, 5) is 5.56. The van der Waals surface area contributed by atoms with E-state index in [2.05, 4.69) is 29.4 Å². The quantitative estimate of drug-likeness (QED) is 0.912. The second kappa shape index (κ2) is 5.83. The Balaban J connectivity index is 2.37. The van der Waals surface area contributed by atoms with Crippen LogP contribution in [-0.2, 0) is 0 Å². The van der Waals surface area contributed by atoms with Crippen LogP contribution in [0.5, 0.6) is 0 Å². The number of rotatable bonds is 4. The Labute approximate surface area is 117 Å². The van der Waals surface area contributed by atoms with Crippen LogP contribution in [0, 0.1) is 13.8 Å². The van der Waals surface area contributed by atoms with Gasteiger partial charge < -0.3 is 5.32 Å². The Morgan fingerprint density at radius 2 is 2.17 bits per heavy atom. The Bertz CT molecular complexity index is 536. The topological polar surface area (TPSA) is 24.9 Å². The molecule has 2 rings (SSSR count). The van der Waals surface area contributed by atoms with Crippen molar-refractivity contribution in [2.45, 2.75) is 26.8 Å². The van der Waals surface area contributed by atoms with Crippen LogP contribution in [0.1, 0.15) is 34.0 Å². The van der Waals surface area contributed by atoms with Crippen molar-refractivity contribution in [1.29, 1.82) is 0 Å². The van der Waals surface area contributed by atoms with Gasteiger partial charge in [-0.05, 0) is 37.6 Å². The Morgan fingerprint density at radius 1 is 1.39 bits per heavy atom.